The van der Waals surface area contributed by atoms with Gasteiger partial charge in [-0.2, -0.15) is 0 Å². The van der Waals surface area contributed by atoms with Crippen molar-refractivity contribution in [1.29, 1.82) is 0 Å². The SMILES string of the molecule is COc1cccc2c1C(C)C=C2CN. The van der Waals surface area contributed by atoms with Gasteiger partial charge in [0.25, 0.3) is 0 Å². The van der Waals surface area contributed by atoms with Gasteiger partial charge in [-0.05, 0) is 17.2 Å². The smallest absolute Gasteiger partial charge is 0.123 e. The Kier molecular flexibility index (Phi) is 2.30. The van der Waals surface area contributed by atoms with Gasteiger partial charge in [-0.25, -0.2) is 0 Å². The highest BCUT2D eigenvalue weighted by Crippen LogP contribution is 2.40. The minimum absolute atomic E-state index is 0.416. The molecule has 0 heterocycles. The van der Waals surface area contributed by atoms with Crippen molar-refractivity contribution < 1.29 is 4.74 Å². The van der Waals surface area contributed by atoms with E-state index < -0.39 is 0 Å². The average Bonchev–Trinajstić information content (AvgIpc) is 2.55. The Hall–Kier alpha value is -1.28. The Morgan fingerprint density at radius 3 is 2.86 bits per heavy atom. The molecule has 0 saturated carbocycles. The first-order chi connectivity index (χ1) is 6.77. The fourth-order valence-electron chi connectivity index (χ4n) is 2.12. The molecule has 1 aromatic rings. The molecule has 0 spiro atoms. The Morgan fingerprint density at radius 2 is 2.21 bits per heavy atom. The van der Waals surface area contributed by atoms with Crippen molar-refractivity contribution in [1.82, 2.24) is 0 Å². The summed E-state index contributed by atoms with van der Waals surface area (Å²) in [6, 6.07) is 6.13. The molecule has 2 rings (SSSR count). The zero-order valence-corrected chi connectivity index (χ0v) is 8.58. The van der Waals surface area contributed by atoms with E-state index in [1.165, 1.54) is 16.7 Å². The molecular weight excluding hydrogens is 174 g/mol. The molecule has 1 aliphatic rings. The van der Waals surface area contributed by atoms with E-state index in [0.29, 0.717) is 12.5 Å². The summed E-state index contributed by atoms with van der Waals surface area (Å²) in [7, 11) is 1.71. The van der Waals surface area contributed by atoms with Gasteiger partial charge in [0.15, 0.2) is 0 Å². The van der Waals surface area contributed by atoms with Crippen LogP contribution in [0.25, 0.3) is 5.57 Å². The van der Waals surface area contributed by atoms with Crippen LogP contribution < -0.4 is 10.5 Å². The number of fused-ring (bicyclic) bond motifs is 1. The van der Waals surface area contributed by atoms with Crippen molar-refractivity contribution in [3.05, 3.63) is 35.4 Å². The zero-order chi connectivity index (χ0) is 10.1. The minimum Gasteiger partial charge on any atom is -0.496 e. The number of benzene rings is 1. The Balaban J connectivity index is 2.56. The fraction of sp³-hybridized carbons (Fsp3) is 0.333. The highest BCUT2D eigenvalue weighted by Gasteiger charge is 2.22. The van der Waals surface area contributed by atoms with Crippen molar-refractivity contribution in [2.45, 2.75) is 12.8 Å². The van der Waals surface area contributed by atoms with Gasteiger partial charge in [-0.1, -0.05) is 25.1 Å². The van der Waals surface area contributed by atoms with Crippen LogP contribution in [-0.4, -0.2) is 13.7 Å². The van der Waals surface area contributed by atoms with Gasteiger partial charge < -0.3 is 10.5 Å². The third-order valence-electron chi connectivity index (χ3n) is 2.76. The molecule has 0 saturated heterocycles. The van der Waals surface area contributed by atoms with E-state index in [9.17, 15) is 0 Å². The van der Waals surface area contributed by atoms with Crippen LogP contribution in [-0.2, 0) is 0 Å². The summed E-state index contributed by atoms with van der Waals surface area (Å²) in [6.07, 6.45) is 2.22. The molecule has 1 aliphatic carbocycles. The van der Waals surface area contributed by atoms with E-state index in [0.717, 1.165) is 5.75 Å². The number of allylic oxidation sites excluding steroid dienone is 1. The lowest BCUT2D eigenvalue weighted by Gasteiger charge is -2.11. The summed E-state index contributed by atoms with van der Waals surface area (Å²) in [5, 5.41) is 0. The third kappa shape index (κ3) is 1.23. The first-order valence-electron chi connectivity index (χ1n) is 4.86. The molecule has 0 bridgehead atoms. The van der Waals surface area contributed by atoms with Gasteiger partial charge >= 0.3 is 0 Å². The Labute approximate surface area is 84.4 Å². The van der Waals surface area contributed by atoms with E-state index >= 15 is 0 Å². The molecule has 2 N–H and O–H groups in total. The van der Waals surface area contributed by atoms with Crippen molar-refractivity contribution in [2.75, 3.05) is 13.7 Å². The molecule has 1 unspecified atom stereocenters. The summed E-state index contributed by atoms with van der Waals surface area (Å²) in [5.41, 5.74) is 9.44. The molecule has 0 radical (unpaired) electrons. The van der Waals surface area contributed by atoms with E-state index in [2.05, 4.69) is 19.1 Å². The van der Waals surface area contributed by atoms with Crippen molar-refractivity contribution in [2.24, 2.45) is 5.73 Å². The van der Waals surface area contributed by atoms with E-state index in [-0.39, 0.29) is 0 Å². The van der Waals surface area contributed by atoms with Gasteiger partial charge in [0.1, 0.15) is 5.75 Å². The third-order valence-corrected chi connectivity index (χ3v) is 2.76. The van der Waals surface area contributed by atoms with Gasteiger partial charge in [0.2, 0.25) is 0 Å². The normalized spacial score (nSPS) is 19.1. The second kappa shape index (κ2) is 3.46. The lowest BCUT2D eigenvalue weighted by Crippen LogP contribution is -2.01. The topological polar surface area (TPSA) is 35.2 Å². The molecular formula is C12H15NO. The van der Waals surface area contributed by atoms with E-state index in [1.807, 2.05) is 12.1 Å². The standard InChI is InChI=1S/C12H15NO/c1-8-6-9(7-13)10-4-3-5-11(14-2)12(8)10/h3-6,8H,7,13H2,1-2H3. The molecule has 0 aromatic heterocycles. The van der Waals surface area contributed by atoms with Crippen LogP contribution in [0.3, 0.4) is 0 Å². The van der Waals surface area contributed by atoms with Crippen LogP contribution in [0.2, 0.25) is 0 Å². The van der Waals surface area contributed by atoms with Crippen molar-refractivity contribution >= 4 is 5.57 Å². The zero-order valence-electron chi connectivity index (χ0n) is 8.58. The molecule has 0 amide bonds. The van der Waals surface area contributed by atoms with Crippen LogP contribution in [0.1, 0.15) is 24.0 Å². The lowest BCUT2D eigenvalue weighted by molar-refractivity contribution is 0.409. The van der Waals surface area contributed by atoms with Crippen molar-refractivity contribution in [3.63, 3.8) is 0 Å². The van der Waals surface area contributed by atoms with Gasteiger partial charge in [0, 0.05) is 18.0 Å². The van der Waals surface area contributed by atoms with Crippen molar-refractivity contribution in [3.8, 4) is 5.75 Å². The maximum atomic E-state index is 5.69. The number of hydrogen-bond donors (Lipinski definition) is 1. The maximum absolute atomic E-state index is 5.69. The lowest BCUT2D eigenvalue weighted by atomic mass is 10.0. The summed E-state index contributed by atoms with van der Waals surface area (Å²) < 4.78 is 5.35. The van der Waals surface area contributed by atoms with Gasteiger partial charge in [0.05, 0.1) is 7.11 Å². The number of methoxy groups -OCH3 is 1. The van der Waals surface area contributed by atoms with Crippen LogP contribution in [0, 0.1) is 0 Å². The van der Waals surface area contributed by atoms with Crippen LogP contribution >= 0.6 is 0 Å². The monoisotopic (exact) mass is 189 g/mol. The quantitative estimate of drug-likeness (QED) is 0.773. The molecule has 1 aromatic carbocycles. The first-order valence-corrected chi connectivity index (χ1v) is 4.86. The predicted molar refractivity (Wildman–Crippen MR) is 58.4 cm³/mol. The van der Waals surface area contributed by atoms with E-state index in [4.69, 9.17) is 10.5 Å². The van der Waals surface area contributed by atoms with Crippen LogP contribution in [0.5, 0.6) is 5.75 Å². The van der Waals surface area contributed by atoms with Gasteiger partial charge in [-0.15, -0.1) is 0 Å². The molecule has 0 aliphatic heterocycles. The highest BCUT2D eigenvalue weighted by atomic mass is 16.5. The van der Waals surface area contributed by atoms with E-state index in [1.54, 1.807) is 7.11 Å². The summed E-state index contributed by atoms with van der Waals surface area (Å²) in [4.78, 5) is 0. The predicted octanol–water partition coefficient (Wildman–Crippen LogP) is 2.15. The fourth-order valence-corrected chi connectivity index (χ4v) is 2.12. The summed E-state index contributed by atoms with van der Waals surface area (Å²) >= 11 is 0. The number of nitrogens with two attached hydrogens (primary N) is 1. The molecule has 2 nitrogen and oxygen atoms in total. The van der Waals surface area contributed by atoms with Gasteiger partial charge in [-0.3, -0.25) is 0 Å². The minimum atomic E-state index is 0.416. The summed E-state index contributed by atoms with van der Waals surface area (Å²) in [6.45, 7) is 2.77. The second-order valence-electron chi connectivity index (χ2n) is 3.61. The molecule has 0 fully saturated rings. The number of hydrogen-bond acceptors (Lipinski definition) is 2. The highest BCUT2D eigenvalue weighted by molar-refractivity contribution is 5.77. The summed E-state index contributed by atoms with van der Waals surface area (Å²) in [5.74, 6) is 1.38. The number of rotatable bonds is 2. The Morgan fingerprint density at radius 1 is 1.43 bits per heavy atom. The maximum Gasteiger partial charge on any atom is 0.123 e. The molecule has 2 heteroatoms. The van der Waals surface area contributed by atoms with Crippen LogP contribution in [0.4, 0.5) is 0 Å². The molecule has 74 valence electrons. The van der Waals surface area contributed by atoms with Crippen LogP contribution in [0.15, 0.2) is 24.3 Å². The number of ether oxygens (including phenoxy) is 1. The Bertz CT molecular complexity index is 382. The average molecular weight is 189 g/mol. The largest absolute Gasteiger partial charge is 0.496 e. The second-order valence-corrected chi connectivity index (χ2v) is 3.61. The molecule has 14 heavy (non-hydrogen) atoms. The first kappa shape index (κ1) is 9.28. The molecule has 1 atom stereocenters.